The van der Waals surface area contributed by atoms with Crippen LogP contribution in [0, 0.1) is 13.8 Å². The minimum atomic E-state index is -0.915. The number of aryl methyl sites for hydroxylation is 2. The molecule has 0 atom stereocenters. The van der Waals surface area contributed by atoms with E-state index < -0.39 is 5.60 Å². The van der Waals surface area contributed by atoms with Crippen LogP contribution < -0.4 is 14.4 Å². The molecule has 0 unspecified atom stereocenters. The molecule has 166 valence electrons. The van der Waals surface area contributed by atoms with Crippen LogP contribution in [0.1, 0.15) is 57.4 Å². The zero-order valence-electron chi connectivity index (χ0n) is 19.8. The molecule has 1 N–H and O–H groups in total. The molecule has 6 nitrogen and oxygen atoms in total. The van der Waals surface area contributed by atoms with Gasteiger partial charge in [0.1, 0.15) is 11.4 Å². The topological polar surface area (TPSA) is 67.7 Å². The van der Waals surface area contributed by atoms with Crippen molar-refractivity contribution in [1.82, 2.24) is 9.97 Å². The van der Waals surface area contributed by atoms with E-state index in [1.807, 2.05) is 19.9 Å². The van der Waals surface area contributed by atoms with E-state index in [2.05, 4.69) is 24.8 Å². The standard InChI is InChI=1S/C24H37N3O3/c1-9-11-27(12-10-2)21-18(15-24(5,6)28)25-22(26-23(21)30-8)20-17(4)13-16(3)14-19(20)29-7/h13-14,28H,9-12,15H2,1-8H3. The van der Waals surface area contributed by atoms with Crippen LogP contribution in [0.15, 0.2) is 12.1 Å². The lowest BCUT2D eigenvalue weighted by atomic mass is 10.00. The Balaban J connectivity index is 2.79. The SMILES string of the molecule is CCCN(CCC)c1c(CC(C)(C)O)nc(-c2c(C)cc(C)cc2OC)nc1OC. The first-order valence-corrected chi connectivity index (χ1v) is 10.7. The second kappa shape index (κ2) is 10.1. The molecular formula is C24H37N3O3. The van der Waals surface area contributed by atoms with Gasteiger partial charge in [-0.1, -0.05) is 19.9 Å². The van der Waals surface area contributed by atoms with Gasteiger partial charge in [-0.3, -0.25) is 0 Å². The van der Waals surface area contributed by atoms with Crippen LogP contribution in [0.2, 0.25) is 0 Å². The van der Waals surface area contributed by atoms with Gasteiger partial charge in [0, 0.05) is 19.5 Å². The summed E-state index contributed by atoms with van der Waals surface area (Å²) in [5.41, 5.74) is 3.74. The molecule has 0 fully saturated rings. The number of aromatic nitrogens is 2. The predicted octanol–water partition coefficient (Wildman–Crippen LogP) is 4.72. The van der Waals surface area contributed by atoms with Gasteiger partial charge in [-0.05, 0) is 57.7 Å². The van der Waals surface area contributed by atoms with Gasteiger partial charge in [0.2, 0.25) is 5.88 Å². The molecule has 0 amide bonds. The summed E-state index contributed by atoms with van der Waals surface area (Å²) >= 11 is 0. The van der Waals surface area contributed by atoms with Crippen molar-refractivity contribution in [1.29, 1.82) is 0 Å². The molecule has 0 aliphatic carbocycles. The molecule has 1 heterocycles. The number of anilines is 1. The van der Waals surface area contributed by atoms with E-state index >= 15 is 0 Å². The number of nitrogens with zero attached hydrogens (tertiary/aromatic N) is 3. The largest absolute Gasteiger partial charge is 0.496 e. The van der Waals surface area contributed by atoms with Crippen LogP contribution in [-0.4, -0.2) is 48.0 Å². The van der Waals surface area contributed by atoms with Crippen molar-refractivity contribution in [3.05, 3.63) is 29.0 Å². The van der Waals surface area contributed by atoms with Crippen LogP contribution in [0.4, 0.5) is 5.69 Å². The number of hydrogen-bond donors (Lipinski definition) is 1. The third kappa shape index (κ3) is 5.63. The molecule has 2 rings (SSSR count). The summed E-state index contributed by atoms with van der Waals surface area (Å²) < 4.78 is 11.4. The molecule has 0 aliphatic rings. The normalized spacial score (nSPS) is 11.5. The van der Waals surface area contributed by atoms with E-state index in [0.29, 0.717) is 18.1 Å². The fraction of sp³-hybridized carbons (Fsp3) is 0.583. The van der Waals surface area contributed by atoms with Crippen LogP contribution in [0.5, 0.6) is 11.6 Å². The smallest absolute Gasteiger partial charge is 0.241 e. The summed E-state index contributed by atoms with van der Waals surface area (Å²) in [5.74, 6) is 1.82. The van der Waals surface area contributed by atoms with E-state index in [9.17, 15) is 5.11 Å². The quantitative estimate of drug-likeness (QED) is 0.606. The number of benzene rings is 1. The third-order valence-electron chi connectivity index (χ3n) is 4.91. The maximum Gasteiger partial charge on any atom is 0.241 e. The first-order chi connectivity index (χ1) is 14.1. The number of hydrogen-bond acceptors (Lipinski definition) is 6. The highest BCUT2D eigenvalue weighted by molar-refractivity contribution is 5.72. The number of aliphatic hydroxyl groups is 1. The van der Waals surface area contributed by atoms with Crippen LogP contribution in [0.25, 0.3) is 11.4 Å². The van der Waals surface area contributed by atoms with Gasteiger partial charge in [0.15, 0.2) is 5.82 Å². The Morgan fingerprint density at radius 1 is 1.00 bits per heavy atom. The van der Waals surface area contributed by atoms with Gasteiger partial charge in [0.05, 0.1) is 31.1 Å². The Bertz CT molecular complexity index is 854. The average Bonchev–Trinajstić information content (AvgIpc) is 2.65. The van der Waals surface area contributed by atoms with Crippen LogP contribution in [-0.2, 0) is 6.42 Å². The summed E-state index contributed by atoms with van der Waals surface area (Å²) in [5, 5.41) is 10.6. The van der Waals surface area contributed by atoms with Crippen molar-refractivity contribution in [2.75, 3.05) is 32.2 Å². The first-order valence-electron chi connectivity index (χ1n) is 10.7. The Hall–Kier alpha value is -2.34. The molecule has 1 aromatic heterocycles. The molecule has 0 saturated heterocycles. The zero-order chi connectivity index (χ0) is 22.5. The highest BCUT2D eigenvalue weighted by Gasteiger charge is 2.26. The Kier molecular flexibility index (Phi) is 8.07. The number of ether oxygens (including phenoxy) is 2. The van der Waals surface area contributed by atoms with E-state index in [1.165, 1.54) is 0 Å². The monoisotopic (exact) mass is 415 g/mol. The van der Waals surface area contributed by atoms with Crippen LogP contribution >= 0.6 is 0 Å². The molecular weight excluding hydrogens is 378 g/mol. The molecule has 1 aromatic carbocycles. The Morgan fingerprint density at radius 3 is 2.13 bits per heavy atom. The molecule has 0 bridgehead atoms. The van der Waals surface area contributed by atoms with E-state index in [-0.39, 0.29) is 0 Å². The maximum absolute atomic E-state index is 10.6. The molecule has 30 heavy (non-hydrogen) atoms. The Labute approximate surface area is 181 Å². The summed E-state index contributed by atoms with van der Waals surface area (Å²) in [7, 11) is 3.30. The predicted molar refractivity (Wildman–Crippen MR) is 123 cm³/mol. The first kappa shape index (κ1) is 23.9. The summed E-state index contributed by atoms with van der Waals surface area (Å²) in [6.07, 6.45) is 2.39. The molecule has 0 saturated carbocycles. The third-order valence-corrected chi connectivity index (χ3v) is 4.91. The van der Waals surface area contributed by atoms with Crippen molar-refractivity contribution < 1.29 is 14.6 Å². The second-order valence-corrected chi connectivity index (χ2v) is 8.49. The molecule has 2 aromatic rings. The summed E-state index contributed by atoms with van der Waals surface area (Å²) in [6.45, 7) is 13.7. The van der Waals surface area contributed by atoms with Crippen molar-refractivity contribution in [2.45, 2.75) is 66.4 Å². The van der Waals surface area contributed by atoms with Crippen molar-refractivity contribution in [3.63, 3.8) is 0 Å². The maximum atomic E-state index is 10.6. The second-order valence-electron chi connectivity index (χ2n) is 8.49. The van der Waals surface area contributed by atoms with E-state index in [1.54, 1.807) is 28.1 Å². The highest BCUT2D eigenvalue weighted by Crippen LogP contribution is 2.38. The minimum absolute atomic E-state index is 0.394. The van der Waals surface area contributed by atoms with E-state index in [0.717, 1.165) is 59.8 Å². The average molecular weight is 416 g/mol. The zero-order valence-corrected chi connectivity index (χ0v) is 19.8. The summed E-state index contributed by atoms with van der Waals surface area (Å²) in [6, 6.07) is 4.08. The minimum Gasteiger partial charge on any atom is -0.496 e. The van der Waals surface area contributed by atoms with Gasteiger partial charge in [-0.15, -0.1) is 0 Å². The van der Waals surface area contributed by atoms with E-state index in [4.69, 9.17) is 19.4 Å². The molecule has 6 heteroatoms. The van der Waals surface area contributed by atoms with Crippen molar-refractivity contribution in [3.8, 4) is 23.0 Å². The fourth-order valence-corrected chi connectivity index (χ4v) is 3.83. The molecule has 0 spiro atoms. The van der Waals surface area contributed by atoms with Crippen molar-refractivity contribution >= 4 is 5.69 Å². The van der Waals surface area contributed by atoms with Gasteiger partial charge < -0.3 is 19.5 Å². The highest BCUT2D eigenvalue weighted by atomic mass is 16.5. The lowest BCUT2D eigenvalue weighted by molar-refractivity contribution is 0.0800. The summed E-state index contributed by atoms with van der Waals surface area (Å²) in [4.78, 5) is 12.0. The van der Waals surface area contributed by atoms with Crippen LogP contribution in [0.3, 0.4) is 0 Å². The van der Waals surface area contributed by atoms with Gasteiger partial charge in [-0.25, -0.2) is 4.98 Å². The van der Waals surface area contributed by atoms with Gasteiger partial charge >= 0.3 is 0 Å². The lowest BCUT2D eigenvalue weighted by Crippen LogP contribution is -2.30. The lowest BCUT2D eigenvalue weighted by Gasteiger charge is -2.29. The number of methoxy groups -OCH3 is 2. The molecule has 0 aliphatic heterocycles. The number of rotatable bonds is 10. The van der Waals surface area contributed by atoms with Gasteiger partial charge in [0.25, 0.3) is 0 Å². The van der Waals surface area contributed by atoms with Gasteiger partial charge in [-0.2, -0.15) is 4.98 Å². The molecule has 0 radical (unpaired) electrons. The van der Waals surface area contributed by atoms with Crippen molar-refractivity contribution in [2.24, 2.45) is 0 Å². The Morgan fingerprint density at radius 2 is 1.63 bits per heavy atom. The fourth-order valence-electron chi connectivity index (χ4n) is 3.83.